The number of aryl methyl sites for hydroxylation is 1. The zero-order valence-corrected chi connectivity index (χ0v) is 16.7. The lowest BCUT2D eigenvalue weighted by Crippen LogP contribution is -2.56. The molecule has 0 fully saturated rings. The largest absolute Gasteiger partial charge is 0.453 e. The molecule has 5 nitrogen and oxygen atoms in total. The Morgan fingerprint density at radius 1 is 1.03 bits per heavy atom. The highest BCUT2D eigenvalue weighted by Gasteiger charge is 2.74. The van der Waals surface area contributed by atoms with Crippen molar-refractivity contribution in [2.24, 2.45) is 0 Å². The normalized spacial score (nSPS) is 12.6. The van der Waals surface area contributed by atoms with Crippen LogP contribution in [0.3, 0.4) is 0 Å². The number of rotatable bonds is 9. The highest BCUT2D eigenvalue weighted by atomic mass is 19.4. The molecule has 2 heterocycles. The molecule has 0 radical (unpaired) electrons. The van der Waals surface area contributed by atoms with Crippen LogP contribution in [-0.4, -0.2) is 36.2 Å². The number of ether oxygens (including phenoxy) is 3. The van der Waals surface area contributed by atoms with E-state index in [2.05, 4.69) is 26.0 Å². The molecule has 0 aliphatic rings. The number of nitrogens with zero attached hydrogens (tertiary/aromatic N) is 2. The third-order valence-electron chi connectivity index (χ3n) is 4.22. The van der Waals surface area contributed by atoms with Gasteiger partial charge in [0.15, 0.2) is 5.75 Å². The molecule has 0 saturated heterocycles. The zero-order chi connectivity index (χ0) is 23.3. The zero-order valence-electron chi connectivity index (χ0n) is 16.7. The van der Waals surface area contributed by atoms with E-state index in [4.69, 9.17) is 4.74 Å². The van der Waals surface area contributed by atoms with Gasteiger partial charge in [-0.15, -0.1) is 0 Å². The number of pyridine rings is 2. The van der Waals surface area contributed by atoms with Crippen LogP contribution in [-0.2, 0) is 21.5 Å². The van der Waals surface area contributed by atoms with Crippen molar-refractivity contribution in [1.82, 2.24) is 9.97 Å². The topological polar surface area (TPSA) is 53.5 Å². The van der Waals surface area contributed by atoms with Crippen LogP contribution >= 0.6 is 0 Å². The smallest absolute Gasteiger partial charge is 0.431 e. The van der Waals surface area contributed by atoms with E-state index in [0.29, 0.717) is 18.2 Å². The Labute approximate surface area is 174 Å². The van der Waals surface area contributed by atoms with Crippen molar-refractivity contribution in [1.29, 1.82) is 0 Å². The van der Waals surface area contributed by atoms with Crippen LogP contribution in [0.5, 0.6) is 11.5 Å². The van der Waals surface area contributed by atoms with E-state index >= 15 is 0 Å². The maximum atomic E-state index is 14.0. The van der Waals surface area contributed by atoms with Gasteiger partial charge in [0.25, 0.3) is 5.60 Å². The first-order valence-electron chi connectivity index (χ1n) is 9.02. The fraction of sp³-hybridized carbons (Fsp3) is 0.400. The van der Waals surface area contributed by atoms with Gasteiger partial charge in [-0.3, -0.25) is 9.97 Å². The van der Waals surface area contributed by atoms with Gasteiger partial charge in [0.1, 0.15) is 12.5 Å². The van der Waals surface area contributed by atoms with Crippen molar-refractivity contribution in [2.45, 2.75) is 37.7 Å². The number of hydrogen-bond donors (Lipinski definition) is 0. The third kappa shape index (κ3) is 4.99. The van der Waals surface area contributed by atoms with Crippen LogP contribution in [0, 0.1) is 0 Å². The third-order valence-corrected chi connectivity index (χ3v) is 4.22. The van der Waals surface area contributed by atoms with Crippen molar-refractivity contribution < 1.29 is 40.6 Å². The molecule has 31 heavy (non-hydrogen) atoms. The van der Waals surface area contributed by atoms with Crippen LogP contribution in [0.1, 0.15) is 30.3 Å². The summed E-state index contributed by atoms with van der Waals surface area (Å²) in [6.07, 6.45) is -7.90. The molecule has 0 aromatic carbocycles. The molecule has 0 aliphatic heterocycles. The average molecular weight is 450 g/mol. The summed E-state index contributed by atoms with van der Waals surface area (Å²) in [4.78, 5) is 7.88. The first-order valence-corrected chi connectivity index (χ1v) is 9.02. The summed E-state index contributed by atoms with van der Waals surface area (Å²) in [6.45, 7) is 3.95. The van der Waals surface area contributed by atoms with E-state index in [1.807, 2.05) is 0 Å². The molecule has 0 atom stereocenters. The van der Waals surface area contributed by atoms with Gasteiger partial charge in [-0.1, -0.05) is 19.9 Å². The van der Waals surface area contributed by atoms with Crippen LogP contribution < -0.4 is 4.74 Å². The second kappa shape index (κ2) is 9.65. The average Bonchev–Trinajstić information content (AvgIpc) is 2.69. The van der Waals surface area contributed by atoms with Gasteiger partial charge in [0, 0.05) is 18.9 Å². The summed E-state index contributed by atoms with van der Waals surface area (Å²) in [5.74, 6) is -0.787. The van der Waals surface area contributed by atoms with Gasteiger partial charge in [-0.05, 0) is 30.7 Å². The van der Waals surface area contributed by atoms with E-state index < -0.39 is 36.1 Å². The van der Waals surface area contributed by atoms with E-state index in [1.165, 1.54) is 18.2 Å². The summed E-state index contributed by atoms with van der Waals surface area (Å²) < 4.78 is 98.3. The van der Waals surface area contributed by atoms with Gasteiger partial charge in [-0.25, -0.2) is 0 Å². The molecule has 0 saturated carbocycles. The fourth-order valence-corrected chi connectivity index (χ4v) is 2.84. The second-order valence-electron chi connectivity index (χ2n) is 6.34. The lowest BCUT2D eigenvalue weighted by atomic mass is 9.90. The van der Waals surface area contributed by atoms with Gasteiger partial charge in [0.2, 0.25) is 0 Å². The Hall–Kier alpha value is -2.66. The first kappa shape index (κ1) is 24.6. The van der Waals surface area contributed by atoms with Crippen LogP contribution in [0.15, 0.2) is 37.2 Å². The Morgan fingerprint density at radius 3 is 2.19 bits per heavy atom. The molecular formula is C20H20F6N2O3. The maximum absolute atomic E-state index is 14.0. The molecule has 0 unspecified atom stereocenters. The number of hydrogen-bond acceptors (Lipinski definition) is 5. The number of methoxy groups -OCH3 is 1. The van der Waals surface area contributed by atoms with Crippen molar-refractivity contribution in [3.8, 4) is 11.5 Å². The fourth-order valence-electron chi connectivity index (χ4n) is 2.84. The SMILES string of the molecule is C=Cc1ccc(Oc2c(C(OCOC)(C(F)(F)F)C(F)(F)F)ccnc2CCC)cn1. The first-order chi connectivity index (χ1) is 14.5. The Bertz CT molecular complexity index is 868. The predicted octanol–water partition coefficient (Wildman–Crippen LogP) is 5.80. The van der Waals surface area contributed by atoms with Gasteiger partial charge in [-0.2, -0.15) is 26.3 Å². The summed E-state index contributed by atoms with van der Waals surface area (Å²) in [6, 6.07) is 3.37. The molecule has 2 aromatic heterocycles. The summed E-state index contributed by atoms with van der Waals surface area (Å²) in [5, 5.41) is 0. The number of halogens is 6. The van der Waals surface area contributed by atoms with Crippen molar-refractivity contribution in [3.63, 3.8) is 0 Å². The van der Waals surface area contributed by atoms with Gasteiger partial charge < -0.3 is 14.2 Å². The molecule has 170 valence electrons. The Morgan fingerprint density at radius 2 is 1.71 bits per heavy atom. The van der Waals surface area contributed by atoms with E-state index in [-0.39, 0.29) is 17.9 Å². The molecule has 2 rings (SSSR count). The molecule has 11 heteroatoms. The molecule has 0 bridgehead atoms. The van der Waals surface area contributed by atoms with Crippen LogP contribution in [0.2, 0.25) is 0 Å². The Balaban J connectivity index is 2.78. The van der Waals surface area contributed by atoms with Gasteiger partial charge >= 0.3 is 12.4 Å². The predicted molar refractivity (Wildman–Crippen MR) is 99.4 cm³/mol. The molecule has 0 aliphatic carbocycles. The lowest BCUT2D eigenvalue weighted by molar-refractivity contribution is -0.400. The lowest BCUT2D eigenvalue weighted by Gasteiger charge is -2.38. The molecule has 0 amide bonds. The standard InChI is InChI=1S/C20H20F6N2O3/c1-4-6-16-17(31-14-8-7-13(5-2)28-11-14)15(9-10-27-16)18(19(21,22)23,20(24,25)26)30-12-29-3/h5,7-11H,2,4,6,12H2,1,3H3. The molecular weight excluding hydrogens is 430 g/mol. The number of aromatic nitrogens is 2. The monoisotopic (exact) mass is 450 g/mol. The summed E-state index contributed by atoms with van der Waals surface area (Å²) in [7, 11) is 0.914. The van der Waals surface area contributed by atoms with Crippen LogP contribution in [0.4, 0.5) is 26.3 Å². The molecule has 2 aromatic rings. The van der Waals surface area contributed by atoms with E-state index in [9.17, 15) is 26.3 Å². The maximum Gasteiger partial charge on any atom is 0.431 e. The minimum Gasteiger partial charge on any atom is -0.453 e. The molecule has 0 N–H and O–H groups in total. The summed E-state index contributed by atoms with van der Waals surface area (Å²) >= 11 is 0. The number of alkyl halides is 6. The van der Waals surface area contributed by atoms with E-state index in [0.717, 1.165) is 19.5 Å². The summed E-state index contributed by atoms with van der Waals surface area (Å²) in [5.41, 5.74) is -5.64. The second-order valence-corrected chi connectivity index (χ2v) is 6.34. The van der Waals surface area contributed by atoms with Crippen molar-refractivity contribution in [2.75, 3.05) is 13.9 Å². The van der Waals surface area contributed by atoms with E-state index in [1.54, 1.807) is 6.92 Å². The Kier molecular flexibility index (Phi) is 7.66. The highest BCUT2D eigenvalue weighted by Crippen LogP contribution is 2.55. The quantitative estimate of drug-likeness (QED) is 0.357. The van der Waals surface area contributed by atoms with Crippen molar-refractivity contribution >= 4 is 6.08 Å². The minimum atomic E-state index is -5.89. The van der Waals surface area contributed by atoms with Crippen molar-refractivity contribution in [3.05, 3.63) is 54.1 Å². The van der Waals surface area contributed by atoms with Crippen LogP contribution in [0.25, 0.3) is 6.08 Å². The minimum absolute atomic E-state index is 0.0669. The van der Waals surface area contributed by atoms with Gasteiger partial charge in [0.05, 0.1) is 17.6 Å². The molecule has 0 spiro atoms. The highest BCUT2D eigenvalue weighted by molar-refractivity contribution is 5.47.